The van der Waals surface area contributed by atoms with E-state index >= 15 is 0 Å². The molecule has 1 saturated carbocycles. The van der Waals surface area contributed by atoms with Gasteiger partial charge in [-0.2, -0.15) is 0 Å². The summed E-state index contributed by atoms with van der Waals surface area (Å²) in [5.41, 5.74) is 1.46. The number of allylic oxidation sites excluding steroid dienone is 2. The summed E-state index contributed by atoms with van der Waals surface area (Å²) in [6.07, 6.45) is 10.1. The number of rotatable bonds is 10. The van der Waals surface area contributed by atoms with Crippen LogP contribution < -0.4 is 4.74 Å². The predicted octanol–water partition coefficient (Wildman–Crippen LogP) is 4.39. The van der Waals surface area contributed by atoms with Crippen molar-refractivity contribution in [3.63, 3.8) is 0 Å². The summed E-state index contributed by atoms with van der Waals surface area (Å²) in [7, 11) is 0. The van der Waals surface area contributed by atoms with Gasteiger partial charge in [0.15, 0.2) is 0 Å². The van der Waals surface area contributed by atoms with Gasteiger partial charge in [-0.15, -0.1) is 0 Å². The summed E-state index contributed by atoms with van der Waals surface area (Å²) >= 11 is 0. The number of aliphatic hydroxyl groups is 3. The number of para-hydroxylation sites is 1. The minimum Gasteiger partial charge on any atom is -0.512 e. The second kappa shape index (κ2) is 9.95. The fraction of sp³-hybridized carbons (Fsp3) is 0.565. The molecule has 0 radical (unpaired) electrons. The summed E-state index contributed by atoms with van der Waals surface area (Å²) < 4.78 is 5.67. The Kier molecular flexibility index (Phi) is 7.36. The third kappa shape index (κ3) is 5.36. The minimum absolute atomic E-state index is 0.155. The zero-order valence-corrected chi connectivity index (χ0v) is 16.0. The zero-order valence-electron chi connectivity index (χ0n) is 16.0. The first-order chi connectivity index (χ1) is 13.2. The molecule has 1 aromatic carbocycles. The summed E-state index contributed by atoms with van der Waals surface area (Å²) in [6, 6.07) is 9.66. The van der Waals surface area contributed by atoms with Gasteiger partial charge in [-0.25, -0.2) is 0 Å². The Morgan fingerprint density at radius 2 is 1.96 bits per heavy atom. The van der Waals surface area contributed by atoms with Gasteiger partial charge in [0.1, 0.15) is 5.75 Å². The molecule has 4 heteroatoms. The fourth-order valence-electron chi connectivity index (χ4n) is 4.57. The van der Waals surface area contributed by atoms with Crippen LogP contribution in [0.5, 0.6) is 5.75 Å². The normalized spacial score (nSPS) is 27.5. The molecular formula is C23H32O4. The number of ether oxygens (including phenoxy) is 1. The van der Waals surface area contributed by atoms with Crippen LogP contribution >= 0.6 is 0 Å². The van der Waals surface area contributed by atoms with E-state index in [9.17, 15) is 10.2 Å². The van der Waals surface area contributed by atoms with Crippen molar-refractivity contribution in [1.82, 2.24) is 0 Å². The van der Waals surface area contributed by atoms with Crippen molar-refractivity contribution in [3.8, 4) is 5.75 Å². The molecule has 3 rings (SSSR count). The first kappa shape index (κ1) is 20.0. The second-order valence-electron chi connectivity index (χ2n) is 7.80. The van der Waals surface area contributed by atoms with E-state index in [1.54, 1.807) is 0 Å². The van der Waals surface area contributed by atoms with Crippen molar-refractivity contribution in [1.29, 1.82) is 0 Å². The molecule has 148 valence electrons. The second-order valence-corrected chi connectivity index (χ2v) is 7.80. The van der Waals surface area contributed by atoms with E-state index in [1.807, 2.05) is 36.4 Å². The lowest BCUT2D eigenvalue weighted by molar-refractivity contribution is 0.109. The Morgan fingerprint density at radius 1 is 1.15 bits per heavy atom. The monoisotopic (exact) mass is 372 g/mol. The summed E-state index contributed by atoms with van der Waals surface area (Å²) in [5.74, 6) is 1.70. The molecule has 1 aromatic rings. The molecule has 0 unspecified atom stereocenters. The highest BCUT2D eigenvalue weighted by Crippen LogP contribution is 2.49. The molecule has 0 amide bonds. The summed E-state index contributed by atoms with van der Waals surface area (Å²) in [4.78, 5) is 0. The lowest BCUT2D eigenvalue weighted by Gasteiger charge is -2.21. The molecule has 4 nitrogen and oxygen atoms in total. The molecule has 0 aliphatic heterocycles. The summed E-state index contributed by atoms with van der Waals surface area (Å²) in [6.45, 7) is 0.782. The molecule has 0 heterocycles. The van der Waals surface area contributed by atoms with E-state index in [2.05, 4.69) is 6.08 Å². The number of hydrogen-bond donors (Lipinski definition) is 3. The smallest absolute Gasteiger partial charge is 0.119 e. The molecule has 3 N–H and O–H groups in total. The number of hydrogen-bond acceptors (Lipinski definition) is 4. The first-order valence-electron chi connectivity index (χ1n) is 10.2. The zero-order chi connectivity index (χ0) is 19.1. The van der Waals surface area contributed by atoms with E-state index < -0.39 is 6.10 Å². The average Bonchev–Trinajstić information content (AvgIpc) is 3.19. The fourth-order valence-corrected chi connectivity index (χ4v) is 4.57. The Balaban J connectivity index is 1.47. The maximum absolute atomic E-state index is 10.6. The first-order valence-corrected chi connectivity index (χ1v) is 10.2. The lowest BCUT2D eigenvalue weighted by atomic mass is 9.87. The molecule has 0 bridgehead atoms. The highest BCUT2D eigenvalue weighted by Gasteiger charge is 2.46. The molecule has 0 aromatic heterocycles. The van der Waals surface area contributed by atoms with E-state index in [-0.39, 0.29) is 12.5 Å². The van der Waals surface area contributed by atoms with E-state index in [0.29, 0.717) is 30.6 Å². The minimum atomic E-state index is -0.460. The third-order valence-electron chi connectivity index (χ3n) is 5.87. The van der Waals surface area contributed by atoms with Crippen molar-refractivity contribution in [3.05, 3.63) is 53.8 Å². The van der Waals surface area contributed by atoms with Gasteiger partial charge in [0.05, 0.1) is 18.5 Å². The number of benzene rings is 1. The van der Waals surface area contributed by atoms with E-state index in [0.717, 1.165) is 44.3 Å². The standard InChI is InChI=1S/C23H32O4/c24-12-6-2-3-8-17-14-18-16-22(26)23(20(18)15-17)21(25)11-7-13-27-19-9-4-1-5-10-19/h1,4-5,9-11,14,18,20,22-26H,2-3,6-8,12-13,15-16H2/t18-,20-,22-,23+/m1/s1. The Bertz CT molecular complexity index is 637. The molecule has 0 spiro atoms. The molecule has 2 aliphatic rings. The van der Waals surface area contributed by atoms with Crippen LogP contribution in [0, 0.1) is 17.8 Å². The van der Waals surface area contributed by atoms with Gasteiger partial charge in [-0.1, -0.05) is 36.3 Å². The van der Waals surface area contributed by atoms with Gasteiger partial charge in [0, 0.05) is 18.9 Å². The number of fused-ring (bicyclic) bond motifs is 1. The number of aliphatic hydroxyl groups excluding tert-OH is 3. The highest BCUT2D eigenvalue weighted by atomic mass is 16.5. The molecule has 4 atom stereocenters. The van der Waals surface area contributed by atoms with Gasteiger partial charge in [0.25, 0.3) is 0 Å². The van der Waals surface area contributed by atoms with Crippen molar-refractivity contribution in [2.45, 2.75) is 51.0 Å². The van der Waals surface area contributed by atoms with Crippen LogP contribution in [0.2, 0.25) is 0 Å². The molecule has 1 fully saturated rings. The van der Waals surface area contributed by atoms with Crippen LogP contribution in [-0.2, 0) is 0 Å². The summed E-state index contributed by atoms with van der Waals surface area (Å²) in [5, 5.41) is 29.9. The van der Waals surface area contributed by atoms with Crippen LogP contribution in [-0.4, -0.2) is 34.6 Å². The highest BCUT2D eigenvalue weighted by molar-refractivity contribution is 5.23. The van der Waals surface area contributed by atoms with Gasteiger partial charge in [0.2, 0.25) is 0 Å². The van der Waals surface area contributed by atoms with Crippen molar-refractivity contribution < 1.29 is 20.1 Å². The Hall–Kier alpha value is -1.78. The maximum atomic E-state index is 10.6. The molecular weight excluding hydrogens is 340 g/mol. The van der Waals surface area contributed by atoms with Crippen LogP contribution in [0.1, 0.15) is 44.9 Å². The van der Waals surface area contributed by atoms with Gasteiger partial charge in [-0.05, 0) is 62.1 Å². The van der Waals surface area contributed by atoms with E-state index in [4.69, 9.17) is 9.84 Å². The SMILES string of the molecule is OCCCCCC1=C[C@@H]2C[C@@H](O)[C@H](C(O)=CCCOc3ccccc3)[C@@H]2C1. The molecule has 2 aliphatic carbocycles. The van der Waals surface area contributed by atoms with Gasteiger partial charge < -0.3 is 20.1 Å². The van der Waals surface area contributed by atoms with Crippen LogP contribution in [0.15, 0.2) is 53.8 Å². The molecule has 0 saturated heterocycles. The van der Waals surface area contributed by atoms with E-state index in [1.165, 1.54) is 5.57 Å². The van der Waals surface area contributed by atoms with Crippen molar-refractivity contribution >= 4 is 0 Å². The van der Waals surface area contributed by atoms with Crippen LogP contribution in [0.25, 0.3) is 0 Å². The van der Waals surface area contributed by atoms with Crippen molar-refractivity contribution in [2.24, 2.45) is 17.8 Å². The third-order valence-corrected chi connectivity index (χ3v) is 5.87. The largest absolute Gasteiger partial charge is 0.512 e. The van der Waals surface area contributed by atoms with Crippen LogP contribution in [0.4, 0.5) is 0 Å². The average molecular weight is 373 g/mol. The van der Waals surface area contributed by atoms with Crippen LogP contribution in [0.3, 0.4) is 0 Å². The number of unbranched alkanes of at least 4 members (excludes halogenated alkanes) is 2. The van der Waals surface area contributed by atoms with Gasteiger partial charge >= 0.3 is 0 Å². The maximum Gasteiger partial charge on any atom is 0.119 e. The Labute approximate surface area is 162 Å². The molecule has 27 heavy (non-hydrogen) atoms. The topological polar surface area (TPSA) is 69.9 Å². The lowest BCUT2D eigenvalue weighted by Crippen LogP contribution is -2.22. The quantitative estimate of drug-likeness (QED) is 0.324. The Morgan fingerprint density at radius 3 is 2.74 bits per heavy atom. The predicted molar refractivity (Wildman–Crippen MR) is 107 cm³/mol. The van der Waals surface area contributed by atoms with Crippen molar-refractivity contribution in [2.75, 3.05) is 13.2 Å². The van der Waals surface area contributed by atoms with Gasteiger partial charge in [-0.3, -0.25) is 0 Å².